The summed E-state index contributed by atoms with van der Waals surface area (Å²) in [4.78, 5) is 11.0. The summed E-state index contributed by atoms with van der Waals surface area (Å²) in [6.45, 7) is 7.92. The minimum atomic E-state index is -0.869. The van der Waals surface area contributed by atoms with Crippen LogP contribution in [0.3, 0.4) is 0 Å². The molecule has 0 bridgehead atoms. The molecular weight excluding hydrogens is 228 g/mol. The van der Waals surface area contributed by atoms with Gasteiger partial charge < -0.3 is 10.2 Å². The van der Waals surface area contributed by atoms with Gasteiger partial charge >= 0.3 is 5.97 Å². The predicted molar refractivity (Wildman–Crippen MR) is 70.2 cm³/mol. The van der Waals surface area contributed by atoms with Crippen molar-refractivity contribution in [1.29, 1.82) is 0 Å². The molecule has 2 aliphatic rings. The summed E-state index contributed by atoms with van der Waals surface area (Å²) in [5.74, 6) is -0.350. The van der Waals surface area contributed by atoms with Gasteiger partial charge in [0.05, 0.1) is 5.60 Å². The van der Waals surface area contributed by atoms with E-state index in [-0.39, 0.29) is 11.3 Å². The van der Waals surface area contributed by atoms with E-state index in [0.717, 1.165) is 38.5 Å². The Kier molecular flexibility index (Phi) is 3.30. The van der Waals surface area contributed by atoms with Crippen LogP contribution in [0.5, 0.6) is 0 Å². The molecule has 0 unspecified atom stereocenters. The Morgan fingerprint density at radius 3 is 2.56 bits per heavy atom. The third-order valence-corrected chi connectivity index (χ3v) is 5.31. The van der Waals surface area contributed by atoms with Crippen molar-refractivity contribution in [1.82, 2.24) is 0 Å². The first-order valence-corrected chi connectivity index (χ1v) is 6.88. The van der Waals surface area contributed by atoms with Crippen molar-refractivity contribution in [2.45, 2.75) is 58.0 Å². The van der Waals surface area contributed by atoms with Crippen LogP contribution in [0.25, 0.3) is 0 Å². The Bertz CT molecular complexity index is 372. The first kappa shape index (κ1) is 13.6. The van der Waals surface area contributed by atoms with E-state index in [1.54, 1.807) is 0 Å². The smallest absolute Gasteiger partial charge is 0.331 e. The Labute approximate surface area is 109 Å². The second-order valence-electron chi connectivity index (χ2n) is 6.85. The van der Waals surface area contributed by atoms with Crippen molar-refractivity contribution >= 4 is 5.97 Å². The van der Waals surface area contributed by atoms with Gasteiger partial charge in [0.2, 0.25) is 0 Å². The molecule has 0 heterocycles. The van der Waals surface area contributed by atoms with E-state index < -0.39 is 11.6 Å². The number of hydrogen-bond acceptors (Lipinski definition) is 2. The summed E-state index contributed by atoms with van der Waals surface area (Å²) in [5.41, 5.74) is 0.0657. The number of carboxylic acid groups (broad SMARTS) is 1. The molecule has 3 heteroatoms. The number of fused-ring (bicyclic) bond motifs is 1. The van der Waals surface area contributed by atoms with Crippen LogP contribution in [0.1, 0.15) is 52.4 Å². The van der Waals surface area contributed by atoms with Crippen LogP contribution in [0.15, 0.2) is 12.2 Å². The molecule has 18 heavy (non-hydrogen) atoms. The maximum absolute atomic E-state index is 11.0. The van der Waals surface area contributed by atoms with Crippen molar-refractivity contribution in [3.8, 4) is 0 Å². The van der Waals surface area contributed by atoms with E-state index in [4.69, 9.17) is 5.11 Å². The molecule has 0 aromatic carbocycles. The first-order chi connectivity index (χ1) is 8.23. The maximum Gasteiger partial charge on any atom is 0.331 e. The summed E-state index contributed by atoms with van der Waals surface area (Å²) in [5, 5.41) is 19.3. The van der Waals surface area contributed by atoms with Crippen LogP contribution in [0.4, 0.5) is 0 Å². The van der Waals surface area contributed by atoms with Gasteiger partial charge in [-0.1, -0.05) is 13.5 Å². The normalized spacial score (nSPS) is 44.2. The Morgan fingerprint density at radius 1 is 1.28 bits per heavy atom. The number of aliphatic carboxylic acids is 1. The second-order valence-corrected chi connectivity index (χ2v) is 6.85. The molecule has 2 N–H and O–H groups in total. The summed E-state index contributed by atoms with van der Waals surface area (Å²) in [6, 6.07) is 0. The average Bonchev–Trinajstić information content (AvgIpc) is 2.28. The number of rotatable bonds is 2. The zero-order valence-electron chi connectivity index (χ0n) is 11.4. The molecule has 2 saturated carbocycles. The Balaban J connectivity index is 2.11. The lowest BCUT2D eigenvalue weighted by Gasteiger charge is -2.51. The summed E-state index contributed by atoms with van der Waals surface area (Å²) < 4.78 is 0. The fraction of sp³-hybridized carbons (Fsp3) is 0.800. The van der Waals surface area contributed by atoms with Gasteiger partial charge in [-0.05, 0) is 62.7 Å². The molecule has 3 nitrogen and oxygen atoms in total. The fourth-order valence-corrected chi connectivity index (χ4v) is 3.79. The third-order valence-electron chi connectivity index (χ3n) is 5.31. The van der Waals surface area contributed by atoms with Crippen molar-refractivity contribution in [2.75, 3.05) is 0 Å². The summed E-state index contributed by atoms with van der Waals surface area (Å²) >= 11 is 0. The largest absolute Gasteiger partial charge is 0.478 e. The van der Waals surface area contributed by atoms with Gasteiger partial charge in [0.15, 0.2) is 0 Å². The van der Waals surface area contributed by atoms with Crippen LogP contribution in [0, 0.1) is 17.3 Å². The molecule has 4 atom stereocenters. The van der Waals surface area contributed by atoms with Crippen molar-refractivity contribution < 1.29 is 15.0 Å². The average molecular weight is 252 g/mol. The van der Waals surface area contributed by atoms with E-state index in [0.29, 0.717) is 11.5 Å². The van der Waals surface area contributed by atoms with Crippen LogP contribution in [0.2, 0.25) is 0 Å². The van der Waals surface area contributed by atoms with E-state index in [1.807, 2.05) is 6.92 Å². The van der Waals surface area contributed by atoms with Gasteiger partial charge in [0.25, 0.3) is 0 Å². The van der Waals surface area contributed by atoms with Gasteiger partial charge in [0.1, 0.15) is 0 Å². The Morgan fingerprint density at radius 2 is 1.94 bits per heavy atom. The molecule has 2 rings (SSSR count). The zero-order valence-corrected chi connectivity index (χ0v) is 11.4. The highest BCUT2D eigenvalue weighted by Gasteiger charge is 2.47. The van der Waals surface area contributed by atoms with Gasteiger partial charge in [-0.25, -0.2) is 4.79 Å². The highest BCUT2D eigenvalue weighted by molar-refractivity contribution is 5.86. The molecule has 0 aromatic heterocycles. The molecule has 0 amide bonds. The predicted octanol–water partition coefficient (Wildman–Crippen LogP) is 2.98. The monoisotopic (exact) mass is 252 g/mol. The molecule has 0 radical (unpaired) electrons. The minimum absolute atomic E-state index is 0.0921. The minimum Gasteiger partial charge on any atom is -0.478 e. The zero-order chi connectivity index (χ0) is 13.6. The standard InChI is InChI=1S/C15H24O3/c1-10(13(16)17)11-4-5-14(2)6-7-15(3,18)9-12(14)8-11/h11-12,18H,1,4-9H2,2-3H3,(H,16,17)/t11-,12+,14+,15-/m1/s1. The van der Waals surface area contributed by atoms with Crippen molar-refractivity contribution in [2.24, 2.45) is 17.3 Å². The lowest BCUT2D eigenvalue weighted by molar-refractivity contribution is -0.134. The number of aliphatic hydroxyl groups is 1. The van der Waals surface area contributed by atoms with E-state index in [1.165, 1.54) is 0 Å². The molecule has 2 fully saturated rings. The van der Waals surface area contributed by atoms with Gasteiger partial charge in [-0.2, -0.15) is 0 Å². The van der Waals surface area contributed by atoms with Crippen LogP contribution in [-0.2, 0) is 4.79 Å². The van der Waals surface area contributed by atoms with E-state index in [9.17, 15) is 9.90 Å². The highest BCUT2D eigenvalue weighted by Crippen LogP contribution is 2.54. The van der Waals surface area contributed by atoms with Crippen LogP contribution < -0.4 is 0 Å². The van der Waals surface area contributed by atoms with Gasteiger partial charge in [-0.15, -0.1) is 0 Å². The number of hydrogen-bond donors (Lipinski definition) is 2. The molecule has 102 valence electrons. The summed E-state index contributed by atoms with van der Waals surface area (Å²) in [7, 11) is 0. The van der Waals surface area contributed by atoms with E-state index in [2.05, 4.69) is 13.5 Å². The molecule has 0 spiro atoms. The SMILES string of the molecule is C=C(C(=O)O)[C@@H]1CC[C@@]2(C)CC[C@@](C)(O)C[C@@H]2C1. The summed E-state index contributed by atoms with van der Waals surface area (Å²) in [6.07, 6.45) is 5.58. The molecule has 0 saturated heterocycles. The second kappa shape index (κ2) is 4.37. The molecule has 0 aromatic rings. The maximum atomic E-state index is 11.0. The molecule has 0 aliphatic heterocycles. The molecule has 2 aliphatic carbocycles. The number of carbonyl (C=O) groups is 1. The first-order valence-electron chi connectivity index (χ1n) is 6.88. The van der Waals surface area contributed by atoms with Crippen molar-refractivity contribution in [3.05, 3.63) is 12.2 Å². The van der Waals surface area contributed by atoms with Crippen molar-refractivity contribution in [3.63, 3.8) is 0 Å². The quantitative estimate of drug-likeness (QED) is 0.743. The topological polar surface area (TPSA) is 57.5 Å². The van der Waals surface area contributed by atoms with E-state index >= 15 is 0 Å². The Hall–Kier alpha value is -0.830. The fourth-order valence-electron chi connectivity index (χ4n) is 3.79. The lowest BCUT2D eigenvalue weighted by atomic mass is 9.55. The van der Waals surface area contributed by atoms with Gasteiger partial charge in [0, 0.05) is 5.57 Å². The highest BCUT2D eigenvalue weighted by atomic mass is 16.4. The van der Waals surface area contributed by atoms with Crippen LogP contribution in [-0.4, -0.2) is 21.8 Å². The van der Waals surface area contributed by atoms with Crippen LogP contribution >= 0.6 is 0 Å². The number of carboxylic acids is 1. The molecular formula is C15H24O3. The van der Waals surface area contributed by atoms with Gasteiger partial charge in [-0.3, -0.25) is 0 Å². The third kappa shape index (κ3) is 2.46. The lowest BCUT2D eigenvalue weighted by Crippen LogP contribution is -2.45.